The Balaban J connectivity index is 3.01. The summed E-state index contributed by atoms with van der Waals surface area (Å²) in [5.41, 5.74) is 13.8. The predicted molar refractivity (Wildman–Crippen MR) is 56.4 cm³/mol. The first-order chi connectivity index (χ1) is 5.94. The first-order valence-electron chi connectivity index (χ1n) is 4.56. The molecule has 0 aromatic heterocycles. The molecule has 0 amide bonds. The number of rotatable bonds is 2. The van der Waals surface area contributed by atoms with Crippen molar-refractivity contribution in [1.82, 2.24) is 0 Å². The quantitative estimate of drug-likeness (QED) is 0.721. The second-order valence-electron chi connectivity index (χ2n) is 3.94. The van der Waals surface area contributed by atoms with Crippen LogP contribution in [0.1, 0.15) is 25.0 Å². The number of nitrogens with two attached hydrogens (primary N) is 2. The van der Waals surface area contributed by atoms with Gasteiger partial charge in [-0.1, -0.05) is 29.8 Å². The van der Waals surface area contributed by atoms with Crippen LogP contribution in [0.25, 0.3) is 0 Å². The Hall–Kier alpha value is -0.860. The lowest BCUT2D eigenvalue weighted by atomic mass is 9.87. The van der Waals surface area contributed by atoms with Gasteiger partial charge in [0.2, 0.25) is 0 Å². The van der Waals surface area contributed by atoms with E-state index in [0.29, 0.717) is 0 Å². The van der Waals surface area contributed by atoms with Crippen molar-refractivity contribution in [2.24, 2.45) is 11.5 Å². The molecule has 0 saturated carbocycles. The summed E-state index contributed by atoms with van der Waals surface area (Å²) in [5, 5.41) is 0. The summed E-state index contributed by atoms with van der Waals surface area (Å²) in [6.07, 6.45) is 0. The van der Waals surface area contributed by atoms with Crippen LogP contribution < -0.4 is 11.5 Å². The van der Waals surface area contributed by atoms with Crippen molar-refractivity contribution in [2.45, 2.75) is 32.4 Å². The Morgan fingerprint density at radius 3 is 2.08 bits per heavy atom. The first kappa shape index (κ1) is 10.2. The molecule has 13 heavy (non-hydrogen) atoms. The van der Waals surface area contributed by atoms with E-state index in [9.17, 15) is 0 Å². The first-order valence-corrected chi connectivity index (χ1v) is 4.56. The van der Waals surface area contributed by atoms with E-state index in [1.807, 2.05) is 26.0 Å². The minimum atomic E-state index is -0.437. The molecular formula is C11H18N2. The van der Waals surface area contributed by atoms with Gasteiger partial charge in [-0.2, -0.15) is 0 Å². The van der Waals surface area contributed by atoms with Crippen LogP contribution >= 0.6 is 0 Å². The predicted octanol–water partition coefficient (Wildman–Crippen LogP) is 1.52. The summed E-state index contributed by atoms with van der Waals surface area (Å²) in [6.45, 7) is 5.95. The molecule has 0 bridgehead atoms. The van der Waals surface area contributed by atoms with Gasteiger partial charge >= 0.3 is 0 Å². The molecule has 72 valence electrons. The molecule has 0 fully saturated rings. The Morgan fingerprint density at radius 1 is 1.23 bits per heavy atom. The summed E-state index contributed by atoms with van der Waals surface area (Å²) in [7, 11) is 0. The van der Waals surface area contributed by atoms with E-state index in [0.717, 1.165) is 5.56 Å². The maximum absolute atomic E-state index is 6.11. The lowest BCUT2D eigenvalue weighted by Crippen LogP contribution is -2.48. The highest BCUT2D eigenvalue weighted by Crippen LogP contribution is 2.20. The third-order valence-electron chi connectivity index (χ3n) is 2.62. The van der Waals surface area contributed by atoms with Gasteiger partial charge in [-0.05, 0) is 26.3 Å². The van der Waals surface area contributed by atoms with Crippen LogP contribution in [-0.2, 0) is 5.54 Å². The highest BCUT2D eigenvalue weighted by molar-refractivity contribution is 5.28. The molecule has 2 unspecified atom stereocenters. The van der Waals surface area contributed by atoms with Crippen LogP contribution in [0.15, 0.2) is 24.3 Å². The van der Waals surface area contributed by atoms with E-state index in [1.165, 1.54) is 5.56 Å². The molecule has 4 N–H and O–H groups in total. The maximum Gasteiger partial charge on any atom is 0.0531 e. The average molecular weight is 178 g/mol. The van der Waals surface area contributed by atoms with Crippen LogP contribution in [0.3, 0.4) is 0 Å². The van der Waals surface area contributed by atoms with Gasteiger partial charge in [-0.3, -0.25) is 0 Å². The van der Waals surface area contributed by atoms with E-state index in [-0.39, 0.29) is 6.04 Å². The molecule has 1 rings (SSSR count). The molecule has 1 aromatic rings. The Bertz CT molecular complexity index is 273. The minimum absolute atomic E-state index is 0.0461. The van der Waals surface area contributed by atoms with Crippen molar-refractivity contribution >= 4 is 0 Å². The van der Waals surface area contributed by atoms with Crippen LogP contribution in [0.2, 0.25) is 0 Å². The van der Waals surface area contributed by atoms with Crippen LogP contribution in [0.5, 0.6) is 0 Å². The van der Waals surface area contributed by atoms with E-state index in [4.69, 9.17) is 11.5 Å². The molecule has 1 aromatic carbocycles. The zero-order chi connectivity index (χ0) is 10.1. The van der Waals surface area contributed by atoms with Crippen molar-refractivity contribution in [1.29, 1.82) is 0 Å². The molecule has 0 spiro atoms. The van der Waals surface area contributed by atoms with Gasteiger partial charge in [-0.25, -0.2) is 0 Å². The Labute approximate surface area is 79.9 Å². The fourth-order valence-electron chi connectivity index (χ4n) is 1.18. The van der Waals surface area contributed by atoms with Crippen LogP contribution in [-0.4, -0.2) is 6.04 Å². The van der Waals surface area contributed by atoms with Gasteiger partial charge < -0.3 is 11.5 Å². The average Bonchev–Trinajstić information content (AvgIpc) is 2.04. The lowest BCUT2D eigenvalue weighted by Gasteiger charge is -2.29. The number of benzene rings is 1. The van der Waals surface area contributed by atoms with Gasteiger partial charge in [0.1, 0.15) is 0 Å². The molecule has 0 aliphatic carbocycles. The summed E-state index contributed by atoms with van der Waals surface area (Å²) in [6, 6.07) is 8.15. The van der Waals surface area contributed by atoms with Gasteiger partial charge in [0, 0.05) is 6.04 Å². The Kier molecular flexibility index (Phi) is 2.74. The van der Waals surface area contributed by atoms with E-state index >= 15 is 0 Å². The largest absolute Gasteiger partial charge is 0.326 e. The molecule has 0 radical (unpaired) electrons. The van der Waals surface area contributed by atoms with Crippen molar-refractivity contribution in [3.05, 3.63) is 35.4 Å². The number of aryl methyl sites for hydroxylation is 1. The van der Waals surface area contributed by atoms with Crippen LogP contribution in [0, 0.1) is 6.92 Å². The van der Waals surface area contributed by atoms with Crippen molar-refractivity contribution in [3.8, 4) is 0 Å². The van der Waals surface area contributed by atoms with Crippen molar-refractivity contribution in [2.75, 3.05) is 0 Å². The lowest BCUT2D eigenvalue weighted by molar-refractivity contribution is 0.410. The molecule has 0 heterocycles. The molecule has 2 heteroatoms. The Morgan fingerprint density at radius 2 is 1.69 bits per heavy atom. The monoisotopic (exact) mass is 178 g/mol. The molecule has 0 aliphatic rings. The van der Waals surface area contributed by atoms with E-state index < -0.39 is 5.54 Å². The fraction of sp³-hybridized carbons (Fsp3) is 0.455. The zero-order valence-corrected chi connectivity index (χ0v) is 8.54. The SMILES string of the molecule is Cc1ccc(C(C)(N)C(C)N)cc1. The van der Waals surface area contributed by atoms with Crippen LogP contribution in [0.4, 0.5) is 0 Å². The zero-order valence-electron chi connectivity index (χ0n) is 8.54. The van der Waals surface area contributed by atoms with E-state index in [2.05, 4.69) is 19.1 Å². The molecule has 2 nitrogen and oxygen atoms in total. The second kappa shape index (κ2) is 3.48. The second-order valence-corrected chi connectivity index (χ2v) is 3.94. The molecular weight excluding hydrogens is 160 g/mol. The maximum atomic E-state index is 6.11. The topological polar surface area (TPSA) is 52.0 Å². The van der Waals surface area contributed by atoms with Gasteiger partial charge in [-0.15, -0.1) is 0 Å². The summed E-state index contributed by atoms with van der Waals surface area (Å²) >= 11 is 0. The summed E-state index contributed by atoms with van der Waals surface area (Å²) < 4.78 is 0. The summed E-state index contributed by atoms with van der Waals surface area (Å²) in [5.74, 6) is 0. The standard InChI is InChI=1S/C11H18N2/c1-8-4-6-10(7-5-8)11(3,13)9(2)12/h4-7,9H,12-13H2,1-3H3. The summed E-state index contributed by atoms with van der Waals surface area (Å²) in [4.78, 5) is 0. The third kappa shape index (κ3) is 2.08. The number of hydrogen-bond donors (Lipinski definition) is 2. The third-order valence-corrected chi connectivity index (χ3v) is 2.62. The van der Waals surface area contributed by atoms with Crippen molar-refractivity contribution < 1.29 is 0 Å². The molecule has 2 atom stereocenters. The van der Waals surface area contributed by atoms with Gasteiger partial charge in [0.15, 0.2) is 0 Å². The highest BCUT2D eigenvalue weighted by atomic mass is 14.8. The van der Waals surface area contributed by atoms with Crippen molar-refractivity contribution in [3.63, 3.8) is 0 Å². The van der Waals surface area contributed by atoms with E-state index in [1.54, 1.807) is 0 Å². The smallest absolute Gasteiger partial charge is 0.0531 e. The normalized spacial score (nSPS) is 17.9. The minimum Gasteiger partial charge on any atom is -0.326 e. The molecule has 0 aliphatic heterocycles. The van der Waals surface area contributed by atoms with Gasteiger partial charge in [0.25, 0.3) is 0 Å². The molecule has 0 saturated heterocycles. The fourth-order valence-corrected chi connectivity index (χ4v) is 1.18. The number of hydrogen-bond acceptors (Lipinski definition) is 2. The van der Waals surface area contributed by atoms with Gasteiger partial charge in [0.05, 0.1) is 5.54 Å². The highest BCUT2D eigenvalue weighted by Gasteiger charge is 2.25.